The van der Waals surface area contributed by atoms with Gasteiger partial charge in [0.1, 0.15) is 0 Å². The lowest BCUT2D eigenvalue weighted by Crippen LogP contribution is -2.15. The minimum Gasteiger partial charge on any atom is -0.493 e. The standard InChI is InChI=1S/C12H16FNO2/c1-7(2)8-4-9(11(15)6-14)12(16-3)10(13)5-8/h4-5,7H,6,14H2,1-3H3. The average Bonchev–Trinajstić information content (AvgIpc) is 2.26. The summed E-state index contributed by atoms with van der Waals surface area (Å²) in [7, 11) is 1.33. The second-order valence-corrected chi connectivity index (χ2v) is 3.87. The Labute approximate surface area is 94.4 Å². The number of carbonyl (C=O) groups excluding carboxylic acids is 1. The maximum atomic E-state index is 13.6. The fourth-order valence-electron chi connectivity index (χ4n) is 1.47. The predicted molar refractivity (Wildman–Crippen MR) is 60.4 cm³/mol. The third-order valence-electron chi connectivity index (χ3n) is 2.42. The van der Waals surface area contributed by atoms with E-state index in [1.54, 1.807) is 6.07 Å². The number of carbonyl (C=O) groups is 1. The van der Waals surface area contributed by atoms with Crippen LogP contribution in [0, 0.1) is 5.82 Å². The largest absolute Gasteiger partial charge is 0.493 e. The van der Waals surface area contributed by atoms with E-state index in [9.17, 15) is 9.18 Å². The van der Waals surface area contributed by atoms with E-state index in [2.05, 4.69) is 0 Å². The highest BCUT2D eigenvalue weighted by molar-refractivity contribution is 6.00. The Bertz CT molecular complexity index is 402. The second-order valence-electron chi connectivity index (χ2n) is 3.87. The van der Waals surface area contributed by atoms with Crippen molar-refractivity contribution < 1.29 is 13.9 Å². The van der Waals surface area contributed by atoms with Gasteiger partial charge < -0.3 is 10.5 Å². The number of ketones is 1. The maximum absolute atomic E-state index is 13.6. The summed E-state index contributed by atoms with van der Waals surface area (Å²) in [6, 6.07) is 3.03. The molecule has 0 radical (unpaired) electrons. The van der Waals surface area contributed by atoms with Gasteiger partial charge in [0.2, 0.25) is 0 Å². The minimum absolute atomic E-state index is 0.0279. The lowest BCUT2D eigenvalue weighted by atomic mass is 9.98. The van der Waals surface area contributed by atoms with Crippen LogP contribution in [0.1, 0.15) is 35.7 Å². The molecule has 0 spiro atoms. The molecule has 0 aliphatic heterocycles. The van der Waals surface area contributed by atoms with Gasteiger partial charge >= 0.3 is 0 Å². The molecule has 1 rings (SSSR count). The van der Waals surface area contributed by atoms with Crippen LogP contribution >= 0.6 is 0 Å². The van der Waals surface area contributed by atoms with Crippen LogP contribution in [-0.2, 0) is 0 Å². The quantitative estimate of drug-likeness (QED) is 0.798. The van der Waals surface area contributed by atoms with Gasteiger partial charge in [-0.3, -0.25) is 4.79 Å². The number of ether oxygens (including phenoxy) is 1. The van der Waals surface area contributed by atoms with Crippen molar-refractivity contribution in [2.75, 3.05) is 13.7 Å². The minimum atomic E-state index is -0.523. The predicted octanol–water partition coefficient (Wildman–Crippen LogP) is 2.10. The summed E-state index contributed by atoms with van der Waals surface area (Å²) >= 11 is 0. The maximum Gasteiger partial charge on any atom is 0.180 e. The summed E-state index contributed by atoms with van der Waals surface area (Å²) in [5.41, 5.74) is 6.25. The monoisotopic (exact) mass is 225 g/mol. The molecular formula is C12H16FNO2. The molecule has 0 amide bonds. The zero-order valence-corrected chi connectivity index (χ0v) is 9.71. The summed E-state index contributed by atoms with van der Waals surface area (Å²) in [6.07, 6.45) is 0. The normalized spacial score (nSPS) is 10.6. The van der Waals surface area contributed by atoms with Crippen molar-refractivity contribution in [2.24, 2.45) is 5.73 Å². The van der Waals surface area contributed by atoms with Gasteiger partial charge in [-0.15, -0.1) is 0 Å². The van der Waals surface area contributed by atoms with Crippen LogP contribution in [0.25, 0.3) is 0 Å². The van der Waals surface area contributed by atoms with Gasteiger partial charge in [0, 0.05) is 0 Å². The molecule has 2 N–H and O–H groups in total. The molecule has 3 nitrogen and oxygen atoms in total. The van der Waals surface area contributed by atoms with E-state index < -0.39 is 5.82 Å². The van der Waals surface area contributed by atoms with Crippen LogP contribution in [0.5, 0.6) is 5.75 Å². The Morgan fingerprint density at radius 1 is 1.50 bits per heavy atom. The molecule has 1 aromatic rings. The Balaban J connectivity index is 3.36. The zero-order valence-electron chi connectivity index (χ0n) is 9.71. The summed E-state index contributed by atoms with van der Waals surface area (Å²) in [6.45, 7) is 3.70. The van der Waals surface area contributed by atoms with Crippen LogP contribution < -0.4 is 10.5 Å². The zero-order chi connectivity index (χ0) is 12.3. The summed E-state index contributed by atoms with van der Waals surface area (Å²) in [5, 5.41) is 0. The summed E-state index contributed by atoms with van der Waals surface area (Å²) < 4.78 is 18.5. The Morgan fingerprint density at radius 2 is 2.12 bits per heavy atom. The molecule has 88 valence electrons. The van der Waals surface area contributed by atoms with Gasteiger partial charge in [-0.1, -0.05) is 13.8 Å². The van der Waals surface area contributed by atoms with Gasteiger partial charge in [-0.2, -0.15) is 0 Å². The number of nitrogens with two attached hydrogens (primary N) is 1. The molecule has 4 heteroatoms. The molecule has 0 aliphatic rings. The Hall–Kier alpha value is -1.42. The fraction of sp³-hybridized carbons (Fsp3) is 0.417. The number of methoxy groups -OCH3 is 1. The Morgan fingerprint density at radius 3 is 2.56 bits per heavy atom. The molecule has 0 fully saturated rings. The number of hydrogen-bond acceptors (Lipinski definition) is 3. The summed E-state index contributed by atoms with van der Waals surface area (Å²) in [4.78, 5) is 11.5. The van der Waals surface area contributed by atoms with E-state index in [0.717, 1.165) is 5.56 Å². The second kappa shape index (κ2) is 5.07. The first-order valence-corrected chi connectivity index (χ1v) is 5.12. The van der Waals surface area contributed by atoms with Crippen LogP contribution in [-0.4, -0.2) is 19.4 Å². The molecule has 0 unspecified atom stereocenters. The molecule has 0 heterocycles. The third-order valence-corrected chi connectivity index (χ3v) is 2.42. The fourth-order valence-corrected chi connectivity index (χ4v) is 1.47. The van der Waals surface area contributed by atoms with Crippen molar-refractivity contribution in [3.05, 3.63) is 29.1 Å². The van der Waals surface area contributed by atoms with Crippen molar-refractivity contribution >= 4 is 5.78 Å². The number of Topliss-reactive ketones (excluding diaryl/α,β-unsaturated/α-hetero) is 1. The van der Waals surface area contributed by atoms with Crippen molar-refractivity contribution in [3.63, 3.8) is 0 Å². The molecular weight excluding hydrogens is 209 g/mol. The van der Waals surface area contributed by atoms with Crippen LogP contribution in [0.3, 0.4) is 0 Å². The van der Waals surface area contributed by atoms with Gasteiger partial charge in [-0.05, 0) is 23.6 Å². The summed E-state index contributed by atoms with van der Waals surface area (Å²) in [5.74, 6) is -0.728. The van der Waals surface area contributed by atoms with Crippen molar-refractivity contribution in [3.8, 4) is 5.75 Å². The SMILES string of the molecule is COc1c(F)cc(C(C)C)cc1C(=O)CN. The number of rotatable bonds is 4. The first kappa shape index (κ1) is 12.6. The van der Waals surface area contributed by atoms with E-state index in [-0.39, 0.29) is 29.6 Å². The molecule has 0 aromatic heterocycles. The highest BCUT2D eigenvalue weighted by Gasteiger charge is 2.17. The molecule has 0 bridgehead atoms. The topological polar surface area (TPSA) is 52.3 Å². The van der Waals surface area contributed by atoms with Crippen molar-refractivity contribution in [2.45, 2.75) is 19.8 Å². The number of benzene rings is 1. The molecule has 16 heavy (non-hydrogen) atoms. The van der Waals surface area contributed by atoms with Crippen LogP contribution in [0.4, 0.5) is 4.39 Å². The van der Waals surface area contributed by atoms with Gasteiger partial charge in [0.05, 0.1) is 19.2 Å². The van der Waals surface area contributed by atoms with Gasteiger partial charge in [-0.25, -0.2) is 4.39 Å². The smallest absolute Gasteiger partial charge is 0.180 e. The lowest BCUT2D eigenvalue weighted by Gasteiger charge is -2.12. The molecule has 0 atom stereocenters. The first-order valence-electron chi connectivity index (χ1n) is 5.12. The van der Waals surface area contributed by atoms with Crippen LogP contribution in [0.2, 0.25) is 0 Å². The lowest BCUT2D eigenvalue weighted by molar-refractivity contribution is 0.0997. The highest BCUT2D eigenvalue weighted by atomic mass is 19.1. The van der Waals surface area contributed by atoms with Gasteiger partial charge in [0.25, 0.3) is 0 Å². The molecule has 0 aliphatic carbocycles. The highest BCUT2D eigenvalue weighted by Crippen LogP contribution is 2.28. The number of halogens is 1. The molecule has 0 saturated carbocycles. The molecule has 1 aromatic carbocycles. The number of hydrogen-bond donors (Lipinski definition) is 1. The van der Waals surface area contributed by atoms with E-state index >= 15 is 0 Å². The van der Waals surface area contributed by atoms with Gasteiger partial charge in [0.15, 0.2) is 17.3 Å². The Kier molecular flexibility index (Phi) is 4.01. The van der Waals surface area contributed by atoms with Crippen molar-refractivity contribution in [1.29, 1.82) is 0 Å². The van der Waals surface area contributed by atoms with E-state index in [0.29, 0.717) is 0 Å². The average molecular weight is 225 g/mol. The van der Waals surface area contributed by atoms with Crippen molar-refractivity contribution in [1.82, 2.24) is 0 Å². The first-order chi connectivity index (χ1) is 7.51. The third kappa shape index (κ3) is 2.39. The molecule has 0 saturated heterocycles. The van der Waals surface area contributed by atoms with E-state index in [1.165, 1.54) is 13.2 Å². The van der Waals surface area contributed by atoms with Crippen LogP contribution in [0.15, 0.2) is 12.1 Å². The van der Waals surface area contributed by atoms with E-state index in [1.807, 2.05) is 13.8 Å². The van der Waals surface area contributed by atoms with E-state index in [4.69, 9.17) is 10.5 Å².